The molecule has 0 radical (unpaired) electrons. The van der Waals surface area contributed by atoms with Crippen LogP contribution >= 0.6 is 11.3 Å². The van der Waals surface area contributed by atoms with Gasteiger partial charge in [0.25, 0.3) is 0 Å². The second kappa shape index (κ2) is 12.9. The molecule has 0 atom stereocenters. The fourth-order valence-electron chi connectivity index (χ4n) is 8.37. The molecule has 2 N–H and O–H groups in total. The first-order valence-electron chi connectivity index (χ1n) is 19.1. The monoisotopic (exact) mass is 762 g/mol. The molecule has 0 aliphatic rings. The standard InChI is InChI=1S/C50H30N6OS/c1-4-15-32-29(12-1)25-27-52-48(32)45-43(38-24-23-30-13-2-5-16-33(30)53-38)44(41-28-31-14-3-10-22-40(31)58-41)47(50-56-36-19-8-9-21-39(36)57-50)42(37-20-11-26-51-37)46(45)49-54-34-17-6-7-18-35(34)55-49/h1-28,51H,(H,54,55). The number of nitrogens with one attached hydrogen (secondary N) is 2. The predicted octanol–water partition coefficient (Wildman–Crippen LogP) is 13.3. The number of pyridine rings is 2. The summed E-state index contributed by atoms with van der Waals surface area (Å²) in [5.41, 5.74) is 12.0. The van der Waals surface area contributed by atoms with Crippen LogP contribution in [0.4, 0.5) is 0 Å². The number of aromatic nitrogens is 6. The van der Waals surface area contributed by atoms with Crippen LogP contribution in [0, 0.1) is 0 Å². The number of fused-ring (bicyclic) bond motifs is 5. The van der Waals surface area contributed by atoms with Gasteiger partial charge in [-0.15, -0.1) is 11.3 Å². The quantitative estimate of drug-likeness (QED) is 0.176. The number of aromatic amines is 2. The largest absolute Gasteiger partial charge is 0.436 e. The predicted molar refractivity (Wildman–Crippen MR) is 237 cm³/mol. The van der Waals surface area contributed by atoms with E-state index in [1.54, 1.807) is 11.3 Å². The molecule has 272 valence electrons. The Morgan fingerprint density at radius 2 is 1.29 bits per heavy atom. The van der Waals surface area contributed by atoms with Gasteiger partial charge in [-0.3, -0.25) is 4.98 Å². The van der Waals surface area contributed by atoms with E-state index in [0.717, 1.165) is 99.0 Å². The van der Waals surface area contributed by atoms with Gasteiger partial charge >= 0.3 is 0 Å². The molecule has 0 aliphatic carbocycles. The zero-order chi connectivity index (χ0) is 38.2. The van der Waals surface area contributed by atoms with Crippen LogP contribution in [0.2, 0.25) is 0 Å². The van der Waals surface area contributed by atoms with E-state index in [1.165, 1.54) is 4.70 Å². The number of H-pyrrole nitrogens is 2. The summed E-state index contributed by atoms with van der Waals surface area (Å²) in [6.45, 7) is 0. The van der Waals surface area contributed by atoms with Gasteiger partial charge in [0.2, 0.25) is 5.89 Å². The molecule has 0 unspecified atom stereocenters. The molecule has 12 rings (SSSR count). The first-order chi connectivity index (χ1) is 28.7. The van der Waals surface area contributed by atoms with Crippen LogP contribution in [0.15, 0.2) is 175 Å². The number of oxazole rings is 1. The van der Waals surface area contributed by atoms with Crippen LogP contribution < -0.4 is 0 Å². The molecule has 0 fully saturated rings. The molecule has 0 saturated heterocycles. The van der Waals surface area contributed by atoms with E-state index >= 15 is 0 Å². The van der Waals surface area contributed by atoms with E-state index in [1.807, 2.05) is 73.1 Å². The van der Waals surface area contributed by atoms with Crippen molar-refractivity contribution in [3.05, 3.63) is 170 Å². The van der Waals surface area contributed by atoms with Crippen LogP contribution in [0.3, 0.4) is 0 Å². The zero-order valence-corrected chi connectivity index (χ0v) is 31.6. The number of rotatable bonds is 6. The summed E-state index contributed by atoms with van der Waals surface area (Å²) in [7, 11) is 0. The average Bonchev–Trinajstić information content (AvgIpc) is 4.11. The minimum Gasteiger partial charge on any atom is -0.436 e. The van der Waals surface area contributed by atoms with E-state index in [4.69, 9.17) is 24.4 Å². The number of thiophene rings is 1. The van der Waals surface area contributed by atoms with E-state index < -0.39 is 0 Å². The molecule has 58 heavy (non-hydrogen) atoms. The van der Waals surface area contributed by atoms with Crippen molar-refractivity contribution in [1.82, 2.24) is 29.9 Å². The Kier molecular flexibility index (Phi) is 7.26. The topological polar surface area (TPSA) is 96.3 Å². The highest BCUT2D eigenvalue weighted by Gasteiger charge is 2.34. The lowest BCUT2D eigenvalue weighted by atomic mass is 9.80. The van der Waals surface area contributed by atoms with Crippen molar-refractivity contribution in [2.45, 2.75) is 0 Å². The van der Waals surface area contributed by atoms with Gasteiger partial charge in [0.1, 0.15) is 11.3 Å². The van der Waals surface area contributed by atoms with E-state index in [-0.39, 0.29) is 0 Å². The summed E-state index contributed by atoms with van der Waals surface area (Å²) >= 11 is 1.75. The molecular weight excluding hydrogens is 733 g/mol. The van der Waals surface area contributed by atoms with Gasteiger partial charge in [-0.2, -0.15) is 0 Å². The number of hydrogen-bond acceptors (Lipinski definition) is 6. The Morgan fingerprint density at radius 1 is 0.517 bits per heavy atom. The highest BCUT2D eigenvalue weighted by Crippen LogP contribution is 2.57. The smallest absolute Gasteiger partial charge is 0.228 e. The third-order valence-corrected chi connectivity index (χ3v) is 12.1. The van der Waals surface area contributed by atoms with Gasteiger partial charge in [-0.25, -0.2) is 15.0 Å². The summed E-state index contributed by atoms with van der Waals surface area (Å²) in [5.74, 6) is 1.19. The maximum Gasteiger partial charge on any atom is 0.228 e. The van der Waals surface area contributed by atoms with Crippen LogP contribution in [0.1, 0.15) is 0 Å². The molecule has 12 aromatic rings. The number of benzene rings is 6. The maximum absolute atomic E-state index is 6.87. The highest BCUT2D eigenvalue weighted by atomic mass is 32.1. The van der Waals surface area contributed by atoms with E-state index in [0.29, 0.717) is 17.3 Å². The van der Waals surface area contributed by atoms with Crippen LogP contribution in [-0.4, -0.2) is 29.9 Å². The third kappa shape index (κ3) is 5.12. The van der Waals surface area contributed by atoms with Crippen LogP contribution in [0.25, 0.3) is 121 Å². The Morgan fingerprint density at radius 3 is 2.14 bits per heavy atom. The minimum absolute atomic E-state index is 0.495. The molecule has 0 aliphatic heterocycles. The summed E-state index contributed by atoms with van der Waals surface area (Å²) in [4.78, 5) is 29.8. The van der Waals surface area contributed by atoms with E-state index in [2.05, 4.69) is 107 Å². The van der Waals surface area contributed by atoms with Crippen molar-refractivity contribution in [3.8, 4) is 67.1 Å². The molecule has 0 spiro atoms. The Balaban J connectivity index is 1.38. The second-order valence-electron chi connectivity index (χ2n) is 14.3. The molecular formula is C50H30N6OS. The first kappa shape index (κ1) is 32.6. The van der Waals surface area contributed by atoms with Crippen molar-refractivity contribution in [2.75, 3.05) is 0 Å². The fourth-order valence-corrected chi connectivity index (χ4v) is 9.50. The van der Waals surface area contributed by atoms with Crippen molar-refractivity contribution < 1.29 is 4.42 Å². The van der Waals surface area contributed by atoms with Crippen LogP contribution in [0.5, 0.6) is 0 Å². The average molecular weight is 763 g/mol. The Hall–Kier alpha value is -7.68. The van der Waals surface area contributed by atoms with Gasteiger partial charge in [0.05, 0.1) is 33.5 Å². The van der Waals surface area contributed by atoms with Crippen molar-refractivity contribution in [3.63, 3.8) is 0 Å². The number of hydrogen-bond donors (Lipinski definition) is 2. The molecule has 8 heteroatoms. The number of para-hydroxylation sites is 5. The molecule has 6 heterocycles. The van der Waals surface area contributed by atoms with E-state index in [9.17, 15) is 0 Å². The van der Waals surface area contributed by atoms with Crippen molar-refractivity contribution in [1.29, 1.82) is 0 Å². The van der Waals surface area contributed by atoms with Gasteiger partial charge in [-0.1, -0.05) is 91.0 Å². The SMILES string of the molecule is c1c[nH]c(-c2c(-c3nc4ccccc4[nH]3)c(-c3nccc4ccccc34)c(-c3ccc4ccccc4n3)c(-c3cc4ccccc4s3)c2-c2nc3ccccc3o2)c1. The summed E-state index contributed by atoms with van der Waals surface area (Å²) < 4.78 is 8.04. The minimum atomic E-state index is 0.495. The second-order valence-corrected chi connectivity index (χ2v) is 15.4. The summed E-state index contributed by atoms with van der Waals surface area (Å²) in [6, 6.07) is 54.1. The Labute approximate surface area is 335 Å². The van der Waals surface area contributed by atoms with Gasteiger partial charge in [-0.05, 0) is 77.5 Å². The van der Waals surface area contributed by atoms with Crippen molar-refractivity contribution in [2.24, 2.45) is 0 Å². The first-order valence-corrected chi connectivity index (χ1v) is 19.9. The highest BCUT2D eigenvalue weighted by molar-refractivity contribution is 7.22. The molecule has 0 bridgehead atoms. The Bertz CT molecular complexity index is 3440. The number of nitrogens with zero attached hydrogens (tertiary/aromatic N) is 4. The lowest BCUT2D eigenvalue weighted by molar-refractivity contribution is 0.620. The normalized spacial score (nSPS) is 11.8. The van der Waals surface area contributed by atoms with Crippen molar-refractivity contribution >= 4 is 65.2 Å². The van der Waals surface area contributed by atoms with Crippen LogP contribution in [-0.2, 0) is 0 Å². The third-order valence-electron chi connectivity index (χ3n) is 10.9. The van der Waals surface area contributed by atoms with Gasteiger partial charge in [0.15, 0.2) is 5.58 Å². The lowest BCUT2D eigenvalue weighted by Gasteiger charge is -2.25. The maximum atomic E-state index is 6.87. The zero-order valence-electron chi connectivity index (χ0n) is 30.8. The molecule has 6 aromatic carbocycles. The molecule has 0 saturated carbocycles. The van der Waals surface area contributed by atoms with Gasteiger partial charge < -0.3 is 14.4 Å². The number of imidazole rings is 1. The molecule has 0 amide bonds. The molecule has 6 aromatic heterocycles. The summed E-state index contributed by atoms with van der Waals surface area (Å²) in [6.07, 6.45) is 3.86. The summed E-state index contributed by atoms with van der Waals surface area (Å²) in [5, 5.41) is 4.29. The fraction of sp³-hybridized carbons (Fsp3) is 0. The van der Waals surface area contributed by atoms with Gasteiger partial charge in [0, 0.05) is 66.3 Å². The lowest BCUT2D eigenvalue weighted by Crippen LogP contribution is -2.04. The molecule has 7 nitrogen and oxygen atoms in total.